The number of rotatable bonds is 5. The average Bonchev–Trinajstić information content (AvgIpc) is 3.38. The standard InChI is InChI=1S/C22H18N4S/c1-3-8-18-16(6-1)15(14-24-18)11-12-23-21-17-7-2-4-9-19(17)25-22(26-21)20-10-5-13-27-20/h1-10,13-14,24H,11-12H2,(H,23,25,26). The maximum atomic E-state index is 4.80. The summed E-state index contributed by atoms with van der Waals surface area (Å²) in [6.07, 6.45) is 3.03. The number of aromatic amines is 1. The number of aromatic nitrogens is 3. The smallest absolute Gasteiger partial charge is 0.172 e. The van der Waals surface area contributed by atoms with Crippen molar-refractivity contribution in [2.75, 3.05) is 11.9 Å². The summed E-state index contributed by atoms with van der Waals surface area (Å²) in [6, 6.07) is 20.7. The van der Waals surface area contributed by atoms with E-state index in [4.69, 9.17) is 9.97 Å². The van der Waals surface area contributed by atoms with Gasteiger partial charge in [0.2, 0.25) is 0 Å². The van der Waals surface area contributed by atoms with Crippen LogP contribution >= 0.6 is 11.3 Å². The van der Waals surface area contributed by atoms with Gasteiger partial charge in [-0.3, -0.25) is 0 Å². The molecular formula is C22H18N4S. The average molecular weight is 370 g/mol. The quantitative estimate of drug-likeness (QED) is 0.430. The molecule has 2 N–H and O–H groups in total. The Labute approximate surface area is 160 Å². The monoisotopic (exact) mass is 370 g/mol. The van der Waals surface area contributed by atoms with Gasteiger partial charge in [0.15, 0.2) is 5.82 Å². The molecule has 5 aromatic rings. The van der Waals surface area contributed by atoms with Crippen LogP contribution in [0.25, 0.3) is 32.5 Å². The summed E-state index contributed by atoms with van der Waals surface area (Å²) in [6.45, 7) is 0.812. The molecule has 132 valence electrons. The molecule has 0 radical (unpaired) electrons. The first-order valence-electron chi connectivity index (χ1n) is 8.98. The summed E-state index contributed by atoms with van der Waals surface area (Å²) >= 11 is 1.66. The van der Waals surface area contributed by atoms with Crippen LogP contribution in [0.1, 0.15) is 5.56 Å². The minimum Gasteiger partial charge on any atom is -0.369 e. The molecule has 2 aromatic carbocycles. The zero-order valence-corrected chi connectivity index (χ0v) is 15.5. The number of hydrogen-bond donors (Lipinski definition) is 2. The van der Waals surface area contributed by atoms with E-state index >= 15 is 0 Å². The Morgan fingerprint density at radius 3 is 2.63 bits per heavy atom. The van der Waals surface area contributed by atoms with Crippen molar-refractivity contribution < 1.29 is 0 Å². The largest absolute Gasteiger partial charge is 0.369 e. The van der Waals surface area contributed by atoms with E-state index in [1.807, 2.05) is 24.3 Å². The van der Waals surface area contributed by atoms with Crippen LogP contribution in [-0.2, 0) is 6.42 Å². The number of fused-ring (bicyclic) bond motifs is 2. The predicted octanol–water partition coefficient (Wildman–Crippen LogP) is 5.49. The van der Waals surface area contributed by atoms with Crippen LogP contribution in [0.15, 0.2) is 72.2 Å². The first kappa shape index (κ1) is 16.0. The van der Waals surface area contributed by atoms with E-state index in [0.29, 0.717) is 0 Å². The summed E-state index contributed by atoms with van der Waals surface area (Å²) in [5, 5.41) is 7.92. The Hall–Kier alpha value is -3.18. The fraction of sp³-hybridized carbons (Fsp3) is 0.0909. The van der Waals surface area contributed by atoms with Crippen LogP contribution in [-0.4, -0.2) is 21.5 Å². The van der Waals surface area contributed by atoms with Crippen molar-refractivity contribution in [1.82, 2.24) is 15.0 Å². The summed E-state index contributed by atoms with van der Waals surface area (Å²) < 4.78 is 0. The molecule has 27 heavy (non-hydrogen) atoms. The van der Waals surface area contributed by atoms with Gasteiger partial charge in [-0.2, -0.15) is 0 Å². The fourth-order valence-electron chi connectivity index (χ4n) is 3.38. The third-order valence-electron chi connectivity index (χ3n) is 4.71. The molecular weight excluding hydrogens is 352 g/mol. The fourth-order valence-corrected chi connectivity index (χ4v) is 4.04. The van der Waals surface area contributed by atoms with Crippen molar-refractivity contribution in [3.63, 3.8) is 0 Å². The molecule has 0 saturated heterocycles. The van der Waals surface area contributed by atoms with Crippen LogP contribution in [0.5, 0.6) is 0 Å². The van der Waals surface area contributed by atoms with E-state index in [1.54, 1.807) is 11.3 Å². The number of nitrogens with zero attached hydrogens (tertiary/aromatic N) is 2. The molecule has 3 heterocycles. The van der Waals surface area contributed by atoms with E-state index in [2.05, 4.69) is 58.3 Å². The Bertz CT molecular complexity index is 1210. The first-order chi connectivity index (χ1) is 13.4. The van der Waals surface area contributed by atoms with E-state index in [1.165, 1.54) is 16.5 Å². The van der Waals surface area contributed by atoms with Crippen LogP contribution < -0.4 is 5.32 Å². The second-order valence-corrected chi connectivity index (χ2v) is 7.37. The van der Waals surface area contributed by atoms with E-state index < -0.39 is 0 Å². The van der Waals surface area contributed by atoms with E-state index in [9.17, 15) is 0 Å². The molecule has 0 aliphatic carbocycles. The Morgan fingerprint density at radius 1 is 0.889 bits per heavy atom. The van der Waals surface area contributed by atoms with Gasteiger partial charge in [-0.25, -0.2) is 9.97 Å². The van der Waals surface area contributed by atoms with Gasteiger partial charge in [0.1, 0.15) is 5.82 Å². The molecule has 0 aliphatic heterocycles. The van der Waals surface area contributed by atoms with Crippen molar-refractivity contribution in [2.24, 2.45) is 0 Å². The zero-order chi connectivity index (χ0) is 18.1. The molecule has 0 fully saturated rings. The van der Waals surface area contributed by atoms with Crippen LogP contribution in [0, 0.1) is 0 Å². The number of hydrogen-bond acceptors (Lipinski definition) is 4. The Morgan fingerprint density at radius 2 is 1.74 bits per heavy atom. The van der Waals surface area contributed by atoms with Gasteiger partial charge >= 0.3 is 0 Å². The molecule has 0 spiro atoms. The topological polar surface area (TPSA) is 53.6 Å². The van der Waals surface area contributed by atoms with Crippen molar-refractivity contribution in [3.05, 3.63) is 77.8 Å². The van der Waals surface area contributed by atoms with Gasteiger partial charge in [0, 0.05) is 29.0 Å². The summed E-state index contributed by atoms with van der Waals surface area (Å²) in [4.78, 5) is 14.0. The molecule has 0 bridgehead atoms. The number of nitrogens with one attached hydrogen (secondary N) is 2. The maximum absolute atomic E-state index is 4.80. The minimum atomic E-state index is 0.776. The summed E-state index contributed by atoms with van der Waals surface area (Å²) in [5.41, 5.74) is 3.46. The lowest BCUT2D eigenvalue weighted by molar-refractivity contribution is 1.02. The number of para-hydroxylation sites is 2. The minimum absolute atomic E-state index is 0.776. The predicted molar refractivity (Wildman–Crippen MR) is 113 cm³/mol. The lowest BCUT2D eigenvalue weighted by Crippen LogP contribution is -2.07. The zero-order valence-electron chi connectivity index (χ0n) is 14.6. The van der Waals surface area contributed by atoms with Gasteiger partial charge in [-0.15, -0.1) is 11.3 Å². The molecule has 0 amide bonds. The summed E-state index contributed by atoms with van der Waals surface area (Å²) in [5.74, 6) is 1.67. The number of H-pyrrole nitrogens is 1. The second-order valence-electron chi connectivity index (χ2n) is 6.43. The first-order valence-corrected chi connectivity index (χ1v) is 9.86. The SMILES string of the molecule is c1csc(-c2nc(NCCc3c[nH]c4ccccc34)c3ccccc3n2)c1. The molecule has 3 aromatic heterocycles. The molecule has 0 aliphatic rings. The number of thiophene rings is 1. The maximum Gasteiger partial charge on any atom is 0.172 e. The van der Waals surface area contributed by atoms with Crippen molar-refractivity contribution in [1.29, 1.82) is 0 Å². The molecule has 5 heteroatoms. The van der Waals surface area contributed by atoms with Crippen molar-refractivity contribution >= 4 is 39.0 Å². The number of benzene rings is 2. The van der Waals surface area contributed by atoms with Crippen LogP contribution in [0.4, 0.5) is 5.82 Å². The van der Waals surface area contributed by atoms with Gasteiger partial charge in [0.05, 0.1) is 10.4 Å². The van der Waals surface area contributed by atoms with E-state index in [-0.39, 0.29) is 0 Å². The Kier molecular flexibility index (Phi) is 4.07. The van der Waals surface area contributed by atoms with Crippen molar-refractivity contribution in [2.45, 2.75) is 6.42 Å². The molecule has 5 rings (SSSR count). The third-order valence-corrected chi connectivity index (χ3v) is 5.57. The highest BCUT2D eigenvalue weighted by atomic mass is 32.1. The normalized spacial score (nSPS) is 11.3. The van der Waals surface area contributed by atoms with Crippen LogP contribution in [0.3, 0.4) is 0 Å². The van der Waals surface area contributed by atoms with Gasteiger partial charge in [-0.05, 0) is 41.6 Å². The van der Waals surface area contributed by atoms with E-state index in [0.717, 1.165) is 40.4 Å². The molecule has 0 unspecified atom stereocenters. The van der Waals surface area contributed by atoms with Gasteiger partial charge in [-0.1, -0.05) is 36.4 Å². The molecule has 0 saturated carbocycles. The lowest BCUT2D eigenvalue weighted by Gasteiger charge is -2.10. The second kappa shape index (κ2) is 6.85. The highest BCUT2D eigenvalue weighted by Gasteiger charge is 2.10. The van der Waals surface area contributed by atoms with Crippen LogP contribution in [0.2, 0.25) is 0 Å². The van der Waals surface area contributed by atoms with Gasteiger partial charge in [0.25, 0.3) is 0 Å². The Balaban J connectivity index is 1.44. The summed E-state index contributed by atoms with van der Waals surface area (Å²) in [7, 11) is 0. The molecule has 0 atom stereocenters. The molecule has 4 nitrogen and oxygen atoms in total. The third kappa shape index (κ3) is 3.06. The highest BCUT2D eigenvalue weighted by molar-refractivity contribution is 7.13. The number of anilines is 1. The lowest BCUT2D eigenvalue weighted by atomic mass is 10.1. The van der Waals surface area contributed by atoms with Crippen molar-refractivity contribution in [3.8, 4) is 10.7 Å². The highest BCUT2D eigenvalue weighted by Crippen LogP contribution is 2.27. The van der Waals surface area contributed by atoms with Gasteiger partial charge < -0.3 is 10.3 Å².